The van der Waals surface area contributed by atoms with E-state index in [1.165, 1.54) is 32.1 Å². The molecule has 6 heteroatoms. The second-order valence-corrected chi connectivity index (χ2v) is 5.40. The Morgan fingerprint density at radius 1 is 1.21 bits per heavy atom. The molecule has 0 aromatic heterocycles. The Bertz CT molecular complexity index is 265. The van der Waals surface area contributed by atoms with E-state index in [-0.39, 0.29) is 37.4 Å². The third kappa shape index (κ3) is 7.63. The molecule has 1 aliphatic rings. The van der Waals surface area contributed by atoms with Gasteiger partial charge >= 0.3 is 35.5 Å². The molecule has 0 heterocycles. The molecule has 0 amide bonds. The summed E-state index contributed by atoms with van der Waals surface area (Å²) >= 11 is 0. The molecule has 0 aromatic rings. The van der Waals surface area contributed by atoms with Crippen LogP contribution >= 0.6 is 0 Å². The Balaban J connectivity index is 0. The molecule has 0 aliphatic heterocycles. The zero-order valence-corrected chi connectivity index (χ0v) is 13.8. The normalized spacial score (nSPS) is 21.2. The van der Waals surface area contributed by atoms with Crippen LogP contribution in [0.25, 0.3) is 0 Å². The summed E-state index contributed by atoms with van der Waals surface area (Å²) in [6, 6.07) is -1.11. The minimum atomic E-state index is -1.14. The van der Waals surface area contributed by atoms with E-state index in [4.69, 9.17) is 10.8 Å². The van der Waals surface area contributed by atoms with Gasteiger partial charge in [0.1, 0.15) is 6.04 Å². The fourth-order valence-electron chi connectivity index (χ4n) is 2.59. The second kappa shape index (κ2) is 10.1. The van der Waals surface area contributed by atoms with Crippen molar-refractivity contribution >= 4 is 5.97 Å². The van der Waals surface area contributed by atoms with E-state index in [9.17, 15) is 15.0 Å². The Hall–Kier alpha value is 0.350. The van der Waals surface area contributed by atoms with Gasteiger partial charge in [-0.1, -0.05) is 32.1 Å². The van der Waals surface area contributed by atoms with Crippen molar-refractivity contribution in [2.24, 2.45) is 11.7 Å². The molecule has 0 radical (unpaired) electrons. The van der Waals surface area contributed by atoms with E-state index < -0.39 is 24.2 Å². The molecule has 1 unspecified atom stereocenters. The summed E-state index contributed by atoms with van der Waals surface area (Å²) in [6.45, 7) is 0. The van der Waals surface area contributed by atoms with E-state index in [0.29, 0.717) is 12.3 Å². The average Bonchev–Trinajstić information content (AvgIpc) is 2.36. The maximum absolute atomic E-state index is 10.5. The summed E-state index contributed by atoms with van der Waals surface area (Å²) < 4.78 is 0. The topological polar surface area (TPSA) is 104 Å². The summed E-state index contributed by atoms with van der Waals surface area (Å²) in [5.74, 6) is -0.498. The number of aliphatic hydroxyl groups excluding tert-OH is 2. The molecule has 1 fully saturated rings. The number of rotatable bonds is 7. The molecule has 1 rings (SSSR count). The molecular formula is C13H26NNaO4. The van der Waals surface area contributed by atoms with Gasteiger partial charge in [0, 0.05) is 6.42 Å². The SMILES string of the molecule is N[C@@H](C[C@H](O)C(O)CCC1CCCCC1)C(=O)O.[H-].[Na+]. The van der Waals surface area contributed by atoms with Crippen LogP contribution in [0.5, 0.6) is 0 Å². The maximum atomic E-state index is 10.5. The molecule has 5 N–H and O–H groups in total. The van der Waals surface area contributed by atoms with Crippen LogP contribution in [0.2, 0.25) is 0 Å². The van der Waals surface area contributed by atoms with Gasteiger partial charge in [-0.05, 0) is 18.8 Å². The summed E-state index contributed by atoms with van der Waals surface area (Å²) in [6.07, 6.45) is 5.65. The summed E-state index contributed by atoms with van der Waals surface area (Å²) in [7, 11) is 0. The maximum Gasteiger partial charge on any atom is 1.00 e. The van der Waals surface area contributed by atoms with Crippen molar-refractivity contribution in [1.82, 2.24) is 0 Å². The monoisotopic (exact) mass is 283 g/mol. The fraction of sp³-hybridized carbons (Fsp3) is 0.923. The molecule has 0 spiro atoms. The summed E-state index contributed by atoms with van der Waals surface area (Å²) in [5.41, 5.74) is 5.32. The van der Waals surface area contributed by atoms with Crippen molar-refractivity contribution in [3.05, 3.63) is 0 Å². The number of hydrogen-bond acceptors (Lipinski definition) is 4. The van der Waals surface area contributed by atoms with Crippen molar-refractivity contribution in [2.45, 2.75) is 69.6 Å². The van der Waals surface area contributed by atoms with Gasteiger partial charge in [0.05, 0.1) is 12.2 Å². The third-order valence-corrected chi connectivity index (χ3v) is 3.85. The Kier molecular flexibility index (Phi) is 10.3. The predicted molar refractivity (Wildman–Crippen MR) is 69.2 cm³/mol. The molecular weight excluding hydrogens is 257 g/mol. The first-order valence-corrected chi connectivity index (χ1v) is 6.85. The number of hydrogen-bond donors (Lipinski definition) is 4. The number of aliphatic carboxylic acids is 1. The number of nitrogens with two attached hydrogens (primary N) is 1. The Morgan fingerprint density at radius 3 is 2.32 bits per heavy atom. The predicted octanol–water partition coefficient (Wildman–Crippen LogP) is -2.01. The van der Waals surface area contributed by atoms with Crippen LogP contribution in [0.4, 0.5) is 0 Å². The first-order chi connectivity index (χ1) is 8.50. The van der Waals surface area contributed by atoms with Crippen LogP contribution in [-0.2, 0) is 4.79 Å². The van der Waals surface area contributed by atoms with Crippen molar-refractivity contribution in [3.8, 4) is 0 Å². The van der Waals surface area contributed by atoms with Gasteiger partial charge < -0.3 is 22.5 Å². The van der Waals surface area contributed by atoms with Gasteiger partial charge in [-0.2, -0.15) is 0 Å². The van der Waals surface area contributed by atoms with Gasteiger partial charge in [0.2, 0.25) is 0 Å². The number of carboxylic acid groups (broad SMARTS) is 1. The number of carboxylic acids is 1. The van der Waals surface area contributed by atoms with Crippen LogP contribution in [0.3, 0.4) is 0 Å². The van der Waals surface area contributed by atoms with Crippen LogP contribution in [0, 0.1) is 5.92 Å². The van der Waals surface area contributed by atoms with Gasteiger partial charge in [0.25, 0.3) is 0 Å². The van der Waals surface area contributed by atoms with Crippen LogP contribution < -0.4 is 35.3 Å². The molecule has 0 bridgehead atoms. The van der Waals surface area contributed by atoms with E-state index in [1.54, 1.807) is 0 Å². The molecule has 0 aromatic carbocycles. The van der Waals surface area contributed by atoms with Gasteiger partial charge in [-0.3, -0.25) is 4.79 Å². The number of carbonyl (C=O) groups is 1. The van der Waals surface area contributed by atoms with Crippen LogP contribution in [-0.4, -0.2) is 39.5 Å². The molecule has 1 saturated carbocycles. The molecule has 3 atom stereocenters. The number of aliphatic hydroxyl groups is 2. The Labute approximate surface area is 138 Å². The second-order valence-electron chi connectivity index (χ2n) is 5.40. The largest absolute Gasteiger partial charge is 1.00 e. The van der Waals surface area contributed by atoms with Crippen LogP contribution in [0.1, 0.15) is 52.8 Å². The quantitative estimate of drug-likeness (QED) is 0.404. The zero-order chi connectivity index (χ0) is 13.5. The van der Waals surface area contributed by atoms with Gasteiger partial charge in [-0.15, -0.1) is 0 Å². The van der Waals surface area contributed by atoms with Gasteiger partial charge in [-0.25, -0.2) is 0 Å². The minimum absolute atomic E-state index is 0. The van der Waals surface area contributed by atoms with E-state index in [2.05, 4.69) is 0 Å². The molecule has 0 saturated heterocycles. The molecule has 5 nitrogen and oxygen atoms in total. The first kappa shape index (κ1) is 19.4. The van der Waals surface area contributed by atoms with E-state index >= 15 is 0 Å². The smallest absolute Gasteiger partial charge is 1.00 e. The Morgan fingerprint density at radius 2 is 1.79 bits per heavy atom. The van der Waals surface area contributed by atoms with E-state index in [0.717, 1.165) is 6.42 Å². The van der Waals surface area contributed by atoms with Crippen molar-refractivity contribution in [2.75, 3.05) is 0 Å². The van der Waals surface area contributed by atoms with E-state index in [1.807, 2.05) is 0 Å². The van der Waals surface area contributed by atoms with Crippen LogP contribution in [0.15, 0.2) is 0 Å². The minimum Gasteiger partial charge on any atom is -1.00 e. The zero-order valence-electron chi connectivity index (χ0n) is 12.8. The first-order valence-electron chi connectivity index (χ1n) is 6.85. The van der Waals surface area contributed by atoms with Crippen molar-refractivity contribution < 1.29 is 51.1 Å². The standard InChI is InChI=1S/C13H25NO4.Na.H/c14-10(13(17)18)8-12(16)11(15)7-6-9-4-2-1-3-5-9;;/h9-12,15-16H,1-8,14H2,(H,17,18);;/q;+1;-1/t10-,11?,12-;;/m0../s1. The van der Waals surface area contributed by atoms with Crippen molar-refractivity contribution in [3.63, 3.8) is 0 Å². The van der Waals surface area contributed by atoms with Crippen molar-refractivity contribution in [1.29, 1.82) is 0 Å². The molecule has 108 valence electrons. The fourth-order valence-corrected chi connectivity index (χ4v) is 2.59. The molecule has 19 heavy (non-hydrogen) atoms. The van der Waals surface area contributed by atoms with Gasteiger partial charge in [0.15, 0.2) is 0 Å². The third-order valence-electron chi connectivity index (χ3n) is 3.85. The molecule has 1 aliphatic carbocycles. The summed E-state index contributed by atoms with van der Waals surface area (Å²) in [4.78, 5) is 10.5. The summed E-state index contributed by atoms with van der Waals surface area (Å²) in [5, 5.41) is 28.1. The average molecular weight is 283 g/mol.